The number of rotatable bonds is 4. The molecular weight excluding hydrogens is 279 g/mol. The van der Waals surface area contributed by atoms with Gasteiger partial charge in [-0.05, 0) is 39.0 Å². The van der Waals surface area contributed by atoms with Gasteiger partial charge in [0.1, 0.15) is 0 Å². The number of ether oxygens (including phenoxy) is 1. The molecule has 3 rings (SSSR count). The second-order valence-electron chi connectivity index (χ2n) is 7.02. The first-order valence-electron chi connectivity index (χ1n) is 8.42. The summed E-state index contributed by atoms with van der Waals surface area (Å²) in [6.07, 6.45) is 3.07. The van der Waals surface area contributed by atoms with E-state index in [4.69, 9.17) is 4.74 Å². The van der Waals surface area contributed by atoms with E-state index in [1.165, 1.54) is 6.42 Å². The van der Waals surface area contributed by atoms with Gasteiger partial charge in [-0.1, -0.05) is 19.3 Å². The van der Waals surface area contributed by atoms with E-state index in [1.54, 1.807) is 0 Å². The smallest absolute Gasteiger partial charge is 0.378 e. The lowest BCUT2D eigenvalue weighted by atomic mass is 9.50. The zero-order valence-electron chi connectivity index (χ0n) is 12.7. The van der Waals surface area contributed by atoms with Crippen LogP contribution in [0.4, 0.5) is 13.2 Å². The van der Waals surface area contributed by atoms with Gasteiger partial charge in [0.15, 0.2) is 0 Å². The maximum atomic E-state index is 13.2. The zero-order chi connectivity index (χ0) is 15.1. The summed E-state index contributed by atoms with van der Waals surface area (Å²) in [6, 6.07) is -0.153. The van der Waals surface area contributed by atoms with E-state index >= 15 is 0 Å². The summed E-state index contributed by atoms with van der Waals surface area (Å²) in [5, 5.41) is 3.39. The predicted molar refractivity (Wildman–Crippen MR) is 75.0 cm³/mol. The van der Waals surface area contributed by atoms with Crippen molar-refractivity contribution in [2.24, 2.45) is 11.3 Å². The minimum Gasteiger partial charge on any atom is -0.378 e. The van der Waals surface area contributed by atoms with Gasteiger partial charge in [0, 0.05) is 24.1 Å². The molecule has 0 radical (unpaired) electrons. The first kappa shape index (κ1) is 15.6. The summed E-state index contributed by atoms with van der Waals surface area (Å²) in [5.41, 5.74) is 0.142. The van der Waals surface area contributed by atoms with Crippen LogP contribution >= 0.6 is 0 Å². The Labute approximate surface area is 124 Å². The lowest BCUT2D eigenvalue weighted by Crippen LogP contribution is -2.69. The highest BCUT2D eigenvalue weighted by Crippen LogP contribution is 2.57. The SMILES string of the molecule is CCOC1CC(NC2CCCCC2C(F)(F)F)C12CCC2. The summed E-state index contributed by atoms with van der Waals surface area (Å²) in [6.45, 7) is 2.70. The molecule has 0 aromatic carbocycles. The lowest BCUT2D eigenvalue weighted by molar-refractivity contribution is -0.203. The van der Waals surface area contributed by atoms with Gasteiger partial charge in [0.2, 0.25) is 0 Å². The minimum absolute atomic E-state index is 0.142. The molecule has 4 atom stereocenters. The third-order valence-corrected chi connectivity index (χ3v) is 6.04. The van der Waals surface area contributed by atoms with Gasteiger partial charge < -0.3 is 10.1 Å². The van der Waals surface area contributed by atoms with Crippen molar-refractivity contribution in [2.75, 3.05) is 6.61 Å². The number of nitrogens with one attached hydrogen (secondary N) is 1. The van der Waals surface area contributed by atoms with Crippen molar-refractivity contribution in [1.82, 2.24) is 5.32 Å². The maximum Gasteiger partial charge on any atom is 0.393 e. The van der Waals surface area contributed by atoms with Gasteiger partial charge in [-0.25, -0.2) is 0 Å². The highest BCUT2D eigenvalue weighted by Gasteiger charge is 2.60. The third kappa shape index (κ3) is 2.72. The highest BCUT2D eigenvalue weighted by molar-refractivity contribution is 5.13. The van der Waals surface area contributed by atoms with Crippen LogP contribution in [0.3, 0.4) is 0 Å². The van der Waals surface area contributed by atoms with Gasteiger partial charge in [-0.2, -0.15) is 13.2 Å². The van der Waals surface area contributed by atoms with Crippen molar-refractivity contribution in [3.05, 3.63) is 0 Å². The average molecular weight is 305 g/mol. The Balaban J connectivity index is 1.63. The molecule has 122 valence electrons. The number of halogens is 3. The van der Waals surface area contributed by atoms with E-state index in [9.17, 15) is 13.2 Å². The first-order valence-corrected chi connectivity index (χ1v) is 8.42. The molecule has 0 aromatic heterocycles. The van der Waals surface area contributed by atoms with Crippen LogP contribution in [-0.4, -0.2) is 31.0 Å². The Hall–Kier alpha value is -0.290. The molecule has 4 unspecified atom stereocenters. The molecule has 0 bridgehead atoms. The molecule has 21 heavy (non-hydrogen) atoms. The molecule has 3 saturated carbocycles. The summed E-state index contributed by atoms with van der Waals surface area (Å²) in [5.74, 6) is -1.16. The minimum atomic E-state index is -4.06. The molecule has 0 saturated heterocycles. The van der Waals surface area contributed by atoms with E-state index in [0.717, 1.165) is 25.7 Å². The second-order valence-corrected chi connectivity index (χ2v) is 7.02. The summed E-state index contributed by atoms with van der Waals surface area (Å²) in [4.78, 5) is 0. The third-order valence-electron chi connectivity index (χ3n) is 6.04. The van der Waals surface area contributed by atoms with E-state index in [2.05, 4.69) is 5.32 Å². The van der Waals surface area contributed by atoms with Crippen LogP contribution in [0.15, 0.2) is 0 Å². The summed E-state index contributed by atoms with van der Waals surface area (Å²) < 4.78 is 45.3. The summed E-state index contributed by atoms with van der Waals surface area (Å²) in [7, 11) is 0. The molecule has 0 aliphatic heterocycles. The highest BCUT2D eigenvalue weighted by atomic mass is 19.4. The molecule has 0 heterocycles. The quantitative estimate of drug-likeness (QED) is 0.846. The Morgan fingerprint density at radius 1 is 1.14 bits per heavy atom. The molecule has 0 aromatic rings. The molecule has 3 aliphatic rings. The number of hydrogen-bond acceptors (Lipinski definition) is 2. The largest absolute Gasteiger partial charge is 0.393 e. The van der Waals surface area contributed by atoms with Crippen molar-refractivity contribution in [3.63, 3.8) is 0 Å². The Morgan fingerprint density at radius 3 is 2.43 bits per heavy atom. The van der Waals surface area contributed by atoms with Crippen LogP contribution in [0.25, 0.3) is 0 Å². The van der Waals surface area contributed by atoms with Crippen molar-refractivity contribution in [1.29, 1.82) is 0 Å². The summed E-state index contributed by atoms with van der Waals surface area (Å²) >= 11 is 0. The fraction of sp³-hybridized carbons (Fsp3) is 1.00. The van der Waals surface area contributed by atoms with Gasteiger partial charge in [-0.3, -0.25) is 0 Å². The molecule has 3 fully saturated rings. The molecule has 1 spiro atoms. The normalized spacial score (nSPS) is 38.9. The molecule has 1 N–H and O–H groups in total. The number of alkyl halides is 3. The standard InChI is InChI=1S/C16H26F3NO/c1-2-21-14-10-13(15(14)8-5-9-15)20-12-7-4-3-6-11(12)16(17,18)19/h11-14,20H,2-10H2,1H3. The van der Waals surface area contributed by atoms with Crippen LogP contribution in [-0.2, 0) is 4.74 Å². The van der Waals surface area contributed by atoms with Crippen molar-refractivity contribution in [3.8, 4) is 0 Å². The Bertz CT molecular complexity index is 367. The molecule has 5 heteroatoms. The van der Waals surface area contributed by atoms with Crippen LogP contribution in [0.5, 0.6) is 0 Å². The Morgan fingerprint density at radius 2 is 1.86 bits per heavy atom. The Kier molecular flexibility index (Phi) is 4.25. The topological polar surface area (TPSA) is 21.3 Å². The van der Waals surface area contributed by atoms with Crippen molar-refractivity contribution >= 4 is 0 Å². The van der Waals surface area contributed by atoms with Crippen molar-refractivity contribution < 1.29 is 17.9 Å². The second kappa shape index (κ2) is 5.73. The van der Waals surface area contributed by atoms with Crippen LogP contribution in [0.2, 0.25) is 0 Å². The predicted octanol–water partition coefficient (Wildman–Crippen LogP) is 4.04. The lowest BCUT2D eigenvalue weighted by Gasteiger charge is -2.62. The molecule has 0 amide bonds. The van der Waals surface area contributed by atoms with Gasteiger partial charge in [0.25, 0.3) is 0 Å². The first-order chi connectivity index (χ1) is 9.97. The maximum absolute atomic E-state index is 13.2. The van der Waals surface area contributed by atoms with Crippen LogP contribution in [0.1, 0.15) is 58.3 Å². The van der Waals surface area contributed by atoms with E-state index < -0.39 is 12.1 Å². The molecule has 2 nitrogen and oxygen atoms in total. The van der Waals surface area contributed by atoms with Crippen LogP contribution in [0, 0.1) is 11.3 Å². The molecule has 3 aliphatic carbocycles. The van der Waals surface area contributed by atoms with Gasteiger partial charge in [0.05, 0.1) is 12.0 Å². The zero-order valence-corrected chi connectivity index (χ0v) is 12.7. The van der Waals surface area contributed by atoms with Gasteiger partial charge >= 0.3 is 6.18 Å². The van der Waals surface area contributed by atoms with E-state index in [1.807, 2.05) is 6.92 Å². The fourth-order valence-corrected chi connectivity index (χ4v) is 4.65. The fourth-order valence-electron chi connectivity index (χ4n) is 4.65. The van der Waals surface area contributed by atoms with Crippen molar-refractivity contribution in [2.45, 2.75) is 82.7 Å². The van der Waals surface area contributed by atoms with Crippen LogP contribution < -0.4 is 5.32 Å². The monoisotopic (exact) mass is 305 g/mol. The van der Waals surface area contributed by atoms with E-state index in [-0.39, 0.29) is 30.0 Å². The number of hydrogen-bond donors (Lipinski definition) is 1. The van der Waals surface area contributed by atoms with E-state index in [0.29, 0.717) is 19.4 Å². The van der Waals surface area contributed by atoms with Gasteiger partial charge in [-0.15, -0.1) is 0 Å². The molecular formula is C16H26F3NO. The average Bonchev–Trinajstić information content (AvgIpc) is 2.34.